The number of aromatic nitrogens is 1. The zero-order valence-electron chi connectivity index (χ0n) is 22.3. The third-order valence-electron chi connectivity index (χ3n) is 7.09. The van der Waals surface area contributed by atoms with Crippen molar-refractivity contribution in [3.63, 3.8) is 0 Å². The number of benzene rings is 4. The summed E-state index contributed by atoms with van der Waals surface area (Å²) in [5.41, 5.74) is 4.23. The SMILES string of the molecule is CCCCCOc1ccc(N2C(=O)c3ccc(C(=O)O)cc3C2=O)cc1-c1nc2cc(-c3ccccc3)ccc2o1. The molecule has 8 nitrogen and oxygen atoms in total. The molecule has 0 aliphatic carbocycles. The molecule has 1 N–H and O–H groups in total. The van der Waals surface area contributed by atoms with Crippen LogP contribution in [0.3, 0.4) is 0 Å². The number of oxazole rings is 1. The third-order valence-corrected chi connectivity index (χ3v) is 7.09. The van der Waals surface area contributed by atoms with Crippen LogP contribution in [-0.2, 0) is 0 Å². The van der Waals surface area contributed by atoms with Crippen LogP contribution < -0.4 is 9.64 Å². The van der Waals surface area contributed by atoms with E-state index in [0.717, 1.165) is 35.3 Å². The largest absolute Gasteiger partial charge is 0.493 e. The van der Waals surface area contributed by atoms with E-state index in [1.54, 1.807) is 18.2 Å². The molecule has 0 unspecified atom stereocenters. The standard InChI is InChI=1S/C33H26N2O6/c1-2-3-7-16-40-28-15-12-23(35-31(36)24-13-10-22(33(38)39)17-25(24)32(35)37)19-26(28)30-34-27-18-21(11-14-29(27)41-30)20-8-5-4-6-9-20/h4-6,8-15,17-19H,2-3,7,16H2,1H3,(H,38,39). The van der Waals surface area contributed by atoms with E-state index in [-0.39, 0.29) is 16.7 Å². The Balaban J connectivity index is 1.40. The Bertz CT molecular complexity index is 1810. The van der Waals surface area contributed by atoms with Crippen LogP contribution >= 0.6 is 0 Å². The molecule has 0 radical (unpaired) electrons. The van der Waals surface area contributed by atoms with Crippen molar-refractivity contribution in [2.75, 3.05) is 11.5 Å². The summed E-state index contributed by atoms with van der Waals surface area (Å²) in [4.78, 5) is 43.8. The first kappa shape index (κ1) is 26.0. The summed E-state index contributed by atoms with van der Waals surface area (Å²) in [6, 6.07) is 24.6. The average molecular weight is 547 g/mol. The smallest absolute Gasteiger partial charge is 0.335 e. The van der Waals surface area contributed by atoms with Crippen LogP contribution in [0.1, 0.15) is 57.3 Å². The highest BCUT2D eigenvalue weighted by Gasteiger charge is 2.37. The molecule has 2 amide bonds. The molecule has 41 heavy (non-hydrogen) atoms. The second kappa shape index (κ2) is 10.7. The predicted molar refractivity (Wildman–Crippen MR) is 154 cm³/mol. The number of carboxylic acid groups (broad SMARTS) is 1. The van der Waals surface area contributed by atoms with Gasteiger partial charge >= 0.3 is 5.97 Å². The van der Waals surface area contributed by atoms with Gasteiger partial charge in [-0.05, 0) is 66.1 Å². The molecule has 1 aliphatic heterocycles. The maximum atomic E-state index is 13.3. The highest BCUT2D eigenvalue weighted by atomic mass is 16.5. The topological polar surface area (TPSA) is 110 Å². The van der Waals surface area contributed by atoms with Gasteiger partial charge in [-0.3, -0.25) is 9.59 Å². The Morgan fingerprint density at radius 1 is 0.854 bits per heavy atom. The highest BCUT2D eigenvalue weighted by Crippen LogP contribution is 2.38. The number of anilines is 1. The lowest BCUT2D eigenvalue weighted by molar-refractivity contribution is 0.0696. The minimum atomic E-state index is -1.18. The number of imide groups is 1. The van der Waals surface area contributed by atoms with Gasteiger partial charge in [0.25, 0.3) is 11.8 Å². The van der Waals surface area contributed by atoms with Crippen molar-refractivity contribution in [3.05, 3.63) is 102 Å². The van der Waals surface area contributed by atoms with Crippen molar-refractivity contribution < 1.29 is 28.6 Å². The molecule has 0 bridgehead atoms. The molecule has 2 heterocycles. The Morgan fingerprint density at radius 2 is 1.66 bits per heavy atom. The second-order valence-corrected chi connectivity index (χ2v) is 9.81. The van der Waals surface area contributed by atoms with Gasteiger partial charge in [-0.15, -0.1) is 0 Å². The van der Waals surface area contributed by atoms with Gasteiger partial charge in [0.1, 0.15) is 11.3 Å². The Hall–Kier alpha value is -5.24. The first-order valence-corrected chi connectivity index (χ1v) is 13.4. The molecule has 0 saturated carbocycles. The first-order chi connectivity index (χ1) is 19.9. The number of aromatic carboxylic acids is 1. The van der Waals surface area contributed by atoms with Crippen molar-refractivity contribution in [1.82, 2.24) is 4.98 Å². The van der Waals surface area contributed by atoms with E-state index in [4.69, 9.17) is 14.1 Å². The minimum absolute atomic E-state index is 0.0478. The van der Waals surface area contributed by atoms with Crippen LogP contribution in [0.25, 0.3) is 33.7 Å². The summed E-state index contributed by atoms with van der Waals surface area (Å²) in [5.74, 6) is -1.49. The van der Waals surface area contributed by atoms with E-state index in [0.29, 0.717) is 40.6 Å². The van der Waals surface area contributed by atoms with Gasteiger partial charge in [0.05, 0.1) is 34.5 Å². The van der Waals surface area contributed by atoms with E-state index >= 15 is 0 Å². The number of unbranched alkanes of at least 4 members (excludes halogenated alkanes) is 2. The van der Waals surface area contributed by atoms with Gasteiger partial charge < -0.3 is 14.3 Å². The fraction of sp³-hybridized carbons (Fsp3) is 0.152. The summed E-state index contributed by atoms with van der Waals surface area (Å²) in [6.07, 6.45) is 2.94. The summed E-state index contributed by atoms with van der Waals surface area (Å²) in [7, 11) is 0. The summed E-state index contributed by atoms with van der Waals surface area (Å²) < 4.78 is 12.2. The van der Waals surface area contributed by atoms with Crippen molar-refractivity contribution >= 4 is 34.6 Å². The lowest BCUT2D eigenvalue weighted by atomic mass is 10.1. The molecule has 0 atom stereocenters. The molecule has 5 aromatic rings. The zero-order valence-corrected chi connectivity index (χ0v) is 22.3. The van der Waals surface area contributed by atoms with Crippen molar-refractivity contribution in [2.45, 2.75) is 26.2 Å². The zero-order chi connectivity index (χ0) is 28.5. The van der Waals surface area contributed by atoms with Crippen LogP contribution in [0.2, 0.25) is 0 Å². The van der Waals surface area contributed by atoms with Gasteiger partial charge in [0, 0.05) is 0 Å². The number of nitrogens with zero attached hydrogens (tertiary/aromatic N) is 2. The molecule has 0 spiro atoms. The fourth-order valence-corrected chi connectivity index (χ4v) is 4.95. The number of ether oxygens (including phenoxy) is 1. The fourth-order valence-electron chi connectivity index (χ4n) is 4.95. The van der Waals surface area contributed by atoms with E-state index in [1.165, 1.54) is 18.2 Å². The summed E-state index contributed by atoms with van der Waals surface area (Å²) in [5, 5.41) is 9.35. The molecule has 0 fully saturated rings. The van der Waals surface area contributed by atoms with Crippen LogP contribution in [0.5, 0.6) is 5.75 Å². The van der Waals surface area contributed by atoms with E-state index in [2.05, 4.69) is 6.92 Å². The molecule has 0 saturated heterocycles. The maximum absolute atomic E-state index is 13.3. The van der Waals surface area contributed by atoms with Gasteiger partial charge in [-0.25, -0.2) is 14.7 Å². The van der Waals surface area contributed by atoms with Crippen LogP contribution in [0, 0.1) is 0 Å². The van der Waals surface area contributed by atoms with Crippen LogP contribution in [-0.4, -0.2) is 34.5 Å². The average Bonchev–Trinajstić information content (AvgIpc) is 3.53. The number of carbonyl (C=O) groups is 3. The van der Waals surface area contributed by atoms with Crippen LogP contribution in [0.15, 0.2) is 89.3 Å². The van der Waals surface area contributed by atoms with Crippen LogP contribution in [0.4, 0.5) is 5.69 Å². The van der Waals surface area contributed by atoms with Crippen molar-refractivity contribution in [2.24, 2.45) is 0 Å². The molecule has 1 aliphatic rings. The van der Waals surface area contributed by atoms with E-state index in [1.807, 2.05) is 48.5 Å². The van der Waals surface area contributed by atoms with Gasteiger partial charge in [0.15, 0.2) is 5.58 Å². The molecular formula is C33H26N2O6. The number of hydrogen-bond acceptors (Lipinski definition) is 6. The van der Waals surface area contributed by atoms with Gasteiger partial charge in [0.2, 0.25) is 5.89 Å². The number of fused-ring (bicyclic) bond motifs is 2. The number of amides is 2. The molecule has 204 valence electrons. The lowest BCUT2D eigenvalue weighted by Crippen LogP contribution is -2.29. The number of carboxylic acids is 1. The molecule has 1 aromatic heterocycles. The Kier molecular flexibility index (Phi) is 6.81. The summed E-state index contributed by atoms with van der Waals surface area (Å²) >= 11 is 0. The monoisotopic (exact) mass is 546 g/mol. The summed E-state index contributed by atoms with van der Waals surface area (Å²) in [6.45, 7) is 2.60. The molecule has 6 rings (SSSR count). The molecule has 8 heteroatoms. The van der Waals surface area contributed by atoms with Gasteiger partial charge in [-0.2, -0.15) is 0 Å². The second-order valence-electron chi connectivity index (χ2n) is 9.81. The minimum Gasteiger partial charge on any atom is -0.493 e. The van der Waals surface area contributed by atoms with E-state index in [9.17, 15) is 19.5 Å². The highest BCUT2D eigenvalue weighted by molar-refractivity contribution is 6.34. The number of carbonyl (C=O) groups excluding carboxylic acids is 2. The number of hydrogen-bond donors (Lipinski definition) is 1. The lowest BCUT2D eigenvalue weighted by Gasteiger charge is -2.17. The predicted octanol–water partition coefficient (Wildman–Crippen LogP) is 7.23. The van der Waals surface area contributed by atoms with E-state index < -0.39 is 17.8 Å². The molecular weight excluding hydrogens is 520 g/mol. The Morgan fingerprint density at radius 3 is 2.44 bits per heavy atom. The normalized spacial score (nSPS) is 12.7. The first-order valence-electron chi connectivity index (χ1n) is 13.4. The Labute approximate surface area is 235 Å². The number of rotatable bonds is 9. The maximum Gasteiger partial charge on any atom is 0.335 e. The third kappa shape index (κ3) is 4.84. The van der Waals surface area contributed by atoms with Crippen molar-refractivity contribution in [1.29, 1.82) is 0 Å². The van der Waals surface area contributed by atoms with Gasteiger partial charge in [-0.1, -0.05) is 56.2 Å². The quantitative estimate of drug-likeness (QED) is 0.153. The molecule has 4 aromatic carbocycles. The van der Waals surface area contributed by atoms with Crippen molar-refractivity contribution in [3.8, 4) is 28.3 Å².